The topological polar surface area (TPSA) is 49.4 Å². The van der Waals surface area contributed by atoms with Crippen molar-refractivity contribution in [3.8, 4) is 0 Å². The Morgan fingerprint density at radius 1 is 1.00 bits per heavy atom. The summed E-state index contributed by atoms with van der Waals surface area (Å²) in [6, 6.07) is 11.7. The molecule has 0 heterocycles. The molecule has 2 aromatic rings. The molecule has 0 aliphatic rings. The Bertz CT molecular complexity index is 858. The van der Waals surface area contributed by atoms with Crippen molar-refractivity contribution in [1.29, 1.82) is 0 Å². The van der Waals surface area contributed by atoms with Crippen molar-refractivity contribution in [2.24, 2.45) is 0 Å². The molecular formula is C22H25Cl3N2O2. The van der Waals surface area contributed by atoms with Crippen molar-refractivity contribution >= 4 is 46.6 Å². The van der Waals surface area contributed by atoms with Gasteiger partial charge in [0.2, 0.25) is 11.8 Å². The molecule has 0 bridgehead atoms. The first-order chi connectivity index (χ1) is 13.9. The molecule has 0 aliphatic heterocycles. The number of halogens is 3. The van der Waals surface area contributed by atoms with E-state index >= 15 is 0 Å². The molecule has 1 atom stereocenters. The Morgan fingerprint density at radius 2 is 1.72 bits per heavy atom. The van der Waals surface area contributed by atoms with E-state index in [1.807, 2.05) is 32.0 Å². The number of amides is 2. The van der Waals surface area contributed by atoms with Crippen LogP contribution in [0.3, 0.4) is 0 Å². The molecule has 0 radical (unpaired) electrons. The Balaban J connectivity index is 2.32. The SMILES string of the molecule is CCCNC(=O)C(CC)N(Cc1ccccc1Cl)C(=O)Cc1ccc(Cl)cc1Cl. The zero-order chi connectivity index (χ0) is 21.4. The third-order valence-electron chi connectivity index (χ3n) is 4.59. The maximum atomic E-state index is 13.3. The molecule has 29 heavy (non-hydrogen) atoms. The first-order valence-corrected chi connectivity index (χ1v) is 10.7. The number of nitrogens with zero attached hydrogens (tertiary/aromatic N) is 1. The first kappa shape index (κ1) is 23.5. The molecule has 7 heteroatoms. The van der Waals surface area contributed by atoms with Crippen LogP contribution in [0.2, 0.25) is 15.1 Å². The van der Waals surface area contributed by atoms with E-state index in [0.717, 1.165) is 12.0 Å². The maximum absolute atomic E-state index is 13.3. The molecule has 0 fully saturated rings. The minimum Gasteiger partial charge on any atom is -0.354 e. The predicted octanol–water partition coefficient (Wildman–Crippen LogP) is 5.52. The summed E-state index contributed by atoms with van der Waals surface area (Å²) in [6.45, 7) is 4.67. The Hall–Kier alpha value is -1.75. The molecule has 2 aromatic carbocycles. The highest BCUT2D eigenvalue weighted by molar-refractivity contribution is 6.35. The van der Waals surface area contributed by atoms with Crippen LogP contribution in [0.5, 0.6) is 0 Å². The molecule has 1 N–H and O–H groups in total. The van der Waals surface area contributed by atoms with E-state index in [9.17, 15) is 9.59 Å². The van der Waals surface area contributed by atoms with Gasteiger partial charge in [-0.3, -0.25) is 9.59 Å². The van der Waals surface area contributed by atoms with Crippen molar-refractivity contribution in [2.45, 2.75) is 45.7 Å². The van der Waals surface area contributed by atoms with Gasteiger partial charge in [0.05, 0.1) is 6.42 Å². The van der Waals surface area contributed by atoms with Crippen LogP contribution in [0.4, 0.5) is 0 Å². The van der Waals surface area contributed by atoms with Gasteiger partial charge in [-0.1, -0.05) is 72.9 Å². The Morgan fingerprint density at radius 3 is 2.34 bits per heavy atom. The fourth-order valence-corrected chi connectivity index (χ4v) is 3.70. The number of benzene rings is 2. The normalized spacial score (nSPS) is 11.8. The largest absolute Gasteiger partial charge is 0.354 e. The van der Waals surface area contributed by atoms with Crippen LogP contribution in [-0.2, 0) is 22.6 Å². The van der Waals surface area contributed by atoms with Gasteiger partial charge in [-0.05, 0) is 42.2 Å². The number of hydrogen-bond acceptors (Lipinski definition) is 2. The Kier molecular flexibility index (Phi) is 9.28. The highest BCUT2D eigenvalue weighted by Gasteiger charge is 2.29. The van der Waals surface area contributed by atoms with Gasteiger partial charge >= 0.3 is 0 Å². The van der Waals surface area contributed by atoms with Crippen LogP contribution in [0.1, 0.15) is 37.8 Å². The number of carbonyl (C=O) groups excluding carboxylic acids is 2. The van der Waals surface area contributed by atoms with Crippen LogP contribution >= 0.6 is 34.8 Å². The second kappa shape index (κ2) is 11.4. The van der Waals surface area contributed by atoms with E-state index in [1.165, 1.54) is 0 Å². The van der Waals surface area contributed by atoms with E-state index in [2.05, 4.69) is 5.32 Å². The average Bonchev–Trinajstić information content (AvgIpc) is 2.69. The summed E-state index contributed by atoms with van der Waals surface area (Å²) in [4.78, 5) is 27.6. The van der Waals surface area contributed by atoms with E-state index < -0.39 is 6.04 Å². The average molecular weight is 456 g/mol. The van der Waals surface area contributed by atoms with Gasteiger partial charge < -0.3 is 10.2 Å². The molecule has 0 aromatic heterocycles. The molecule has 156 valence electrons. The van der Waals surface area contributed by atoms with Crippen molar-refractivity contribution in [1.82, 2.24) is 10.2 Å². The third kappa shape index (κ3) is 6.63. The number of rotatable bonds is 9. The van der Waals surface area contributed by atoms with Crippen LogP contribution in [0.25, 0.3) is 0 Å². The van der Waals surface area contributed by atoms with Gasteiger partial charge in [0.25, 0.3) is 0 Å². The predicted molar refractivity (Wildman–Crippen MR) is 120 cm³/mol. The second-order valence-electron chi connectivity index (χ2n) is 6.74. The molecule has 0 saturated carbocycles. The van der Waals surface area contributed by atoms with Gasteiger partial charge in [-0.15, -0.1) is 0 Å². The quantitative estimate of drug-likeness (QED) is 0.541. The van der Waals surface area contributed by atoms with Gasteiger partial charge in [0.15, 0.2) is 0 Å². The number of nitrogens with one attached hydrogen (secondary N) is 1. The molecule has 1 unspecified atom stereocenters. The highest BCUT2D eigenvalue weighted by atomic mass is 35.5. The first-order valence-electron chi connectivity index (χ1n) is 9.61. The molecular weight excluding hydrogens is 431 g/mol. The zero-order valence-electron chi connectivity index (χ0n) is 16.6. The molecule has 0 saturated heterocycles. The van der Waals surface area contributed by atoms with Crippen molar-refractivity contribution in [3.05, 3.63) is 68.7 Å². The van der Waals surface area contributed by atoms with Gasteiger partial charge in [0.1, 0.15) is 6.04 Å². The lowest BCUT2D eigenvalue weighted by molar-refractivity contribution is -0.140. The molecule has 2 amide bonds. The number of hydrogen-bond donors (Lipinski definition) is 1. The van der Waals surface area contributed by atoms with Crippen LogP contribution in [0, 0.1) is 0 Å². The molecule has 2 rings (SSSR count). The summed E-state index contributed by atoms with van der Waals surface area (Å²) < 4.78 is 0. The van der Waals surface area contributed by atoms with Crippen molar-refractivity contribution in [2.75, 3.05) is 6.54 Å². The van der Waals surface area contributed by atoms with Crippen molar-refractivity contribution < 1.29 is 9.59 Å². The summed E-state index contributed by atoms with van der Waals surface area (Å²) in [5.74, 6) is -0.371. The lowest BCUT2D eigenvalue weighted by Gasteiger charge is -2.31. The highest BCUT2D eigenvalue weighted by Crippen LogP contribution is 2.24. The fraction of sp³-hybridized carbons (Fsp3) is 0.364. The van der Waals surface area contributed by atoms with Crippen LogP contribution in [-0.4, -0.2) is 29.3 Å². The Labute approximate surface area is 187 Å². The second-order valence-corrected chi connectivity index (χ2v) is 7.99. The van der Waals surface area contributed by atoms with Crippen molar-refractivity contribution in [3.63, 3.8) is 0 Å². The van der Waals surface area contributed by atoms with Gasteiger partial charge in [0, 0.05) is 28.2 Å². The standard InChI is InChI=1S/C22H25Cl3N2O2/c1-3-11-26-22(29)20(4-2)27(14-16-7-5-6-8-18(16)24)21(28)12-15-9-10-17(23)13-19(15)25/h5-10,13,20H,3-4,11-12,14H2,1-2H3,(H,26,29). The maximum Gasteiger partial charge on any atom is 0.242 e. The van der Waals surface area contributed by atoms with E-state index in [-0.39, 0.29) is 24.8 Å². The third-order valence-corrected chi connectivity index (χ3v) is 5.55. The van der Waals surface area contributed by atoms with Crippen LogP contribution < -0.4 is 5.32 Å². The monoisotopic (exact) mass is 454 g/mol. The number of carbonyl (C=O) groups is 2. The van der Waals surface area contributed by atoms with Gasteiger partial charge in [-0.25, -0.2) is 0 Å². The van der Waals surface area contributed by atoms with E-state index in [4.69, 9.17) is 34.8 Å². The van der Waals surface area contributed by atoms with Gasteiger partial charge in [-0.2, -0.15) is 0 Å². The minimum atomic E-state index is -0.601. The molecule has 0 spiro atoms. The van der Waals surface area contributed by atoms with Crippen LogP contribution in [0.15, 0.2) is 42.5 Å². The smallest absolute Gasteiger partial charge is 0.242 e. The minimum absolute atomic E-state index is 0.0675. The molecule has 4 nitrogen and oxygen atoms in total. The zero-order valence-corrected chi connectivity index (χ0v) is 18.8. The summed E-state index contributed by atoms with van der Waals surface area (Å²) in [6.07, 6.45) is 1.37. The summed E-state index contributed by atoms with van der Waals surface area (Å²) in [7, 11) is 0. The molecule has 0 aliphatic carbocycles. The lowest BCUT2D eigenvalue weighted by atomic mass is 10.1. The lowest BCUT2D eigenvalue weighted by Crippen LogP contribution is -2.49. The van der Waals surface area contributed by atoms with E-state index in [0.29, 0.717) is 33.6 Å². The summed E-state index contributed by atoms with van der Waals surface area (Å²) >= 11 is 18.5. The fourth-order valence-electron chi connectivity index (χ4n) is 3.03. The van der Waals surface area contributed by atoms with E-state index in [1.54, 1.807) is 29.2 Å². The summed E-state index contributed by atoms with van der Waals surface area (Å²) in [5, 5.41) is 4.37. The summed E-state index contributed by atoms with van der Waals surface area (Å²) in [5.41, 5.74) is 1.44.